The summed E-state index contributed by atoms with van der Waals surface area (Å²) in [6.07, 6.45) is 6.17. The minimum absolute atomic E-state index is 0.104. The van der Waals surface area contributed by atoms with E-state index in [-0.39, 0.29) is 11.9 Å². The average Bonchev–Trinajstić information content (AvgIpc) is 2.41. The van der Waals surface area contributed by atoms with Crippen molar-refractivity contribution >= 4 is 5.91 Å². The van der Waals surface area contributed by atoms with E-state index in [1.54, 1.807) is 11.9 Å². The number of nitrogens with zero attached hydrogens (tertiary/aromatic N) is 1. The molecule has 0 radical (unpaired) electrons. The van der Waals surface area contributed by atoms with Crippen LogP contribution in [0.1, 0.15) is 44.9 Å². The van der Waals surface area contributed by atoms with Gasteiger partial charge in [-0.2, -0.15) is 0 Å². The van der Waals surface area contributed by atoms with Gasteiger partial charge in [0.25, 0.3) is 0 Å². The quantitative estimate of drug-likeness (QED) is 0.804. The van der Waals surface area contributed by atoms with Crippen molar-refractivity contribution in [2.75, 3.05) is 26.8 Å². The average molecular weight is 284 g/mol. The van der Waals surface area contributed by atoms with Gasteiger partial charge in [0.2, 0.25) is 5.91 Å². The predicted molar refractivity (Wildman–Crippen MR) is 77.2 cm³/mol. The summed E-state index contributed by atoms with van der Waals surface area (Å²) in [6, 6.07) is 0.160. The number of nitrogens with two attached hydrogens (primary N) is 1. The van der Waals surface area contributed by atoms with E-state index in [1.807, 2.05) is 0 Å². The second-order valence-electron chi connectivity index (χ2n) is 6.50. The number of amides is 1. The molecule has 1 saturated carbocycles. The van der Waals surface area contributed by atoms with Crippen LogP contribution in [0.25, 0.3) is 0 Å². The highest BCUT2D eigenvalue weighted by molar-refractivity contribution is 5.76. The summed E-state index contributed by atoms with van der Waals surface area (Å²) in [5.41, 5.74) is 5.32. The maximum atomic E-state index is 12.3. The third-order valence-electron chi connectivity index (χ3n) is 4.79. The van der Waals surface area contributed by atoms with Crippen LogP contribution in [0.2, 0.25) is 0 Å². The summed E-state index contributed by atoms with van der Waals surface area (Å²) in [4.78, 5) is 14.0. The van der Waals surface area contributed by atoms with E-state index in [0.29, 0.717) is 44.9 Å². The second-order valence-corrected chi connectivity index (χ2v) is 6.50. The number of hydrogen-bond donors (Lipinski definition) is 2. The summed E-state index contributed by atoms with van der Waals surface area (Å²) in [5, 5.41) is 10.4. The van der Waals surface area contributed by atoms with E-state index in [1.165, 1.54) is 12.8 Å². The van der Waals surface area contributed by atoms with Gasteiger partial charge in [-0.05, 0) is 18.8 Å². The Kier molecular flexibility index (Phi) is 5.41. The Morgan fingerprint density at radius 1 is 1.35 bits per heavy atom. The van der Waals surface area contributed by atoms with E-state index in [4.69, 9.17) is 10.5 Å². The Bertz CT molecular complexity index is 329. The SMILES string of the molecule is CN(CC1(O)CCOCC1)C(=O)CC1CCCCC1N. The van der Waals surface area contributed by atoms with Crippen LogP contribution in [-0.4, -0.2) is 54.4 Å². The fraction of sp³-hybridized carbons (Fsp3) is 0.933. The van der Waals surface area contributed by atoms with Crippen molar-refractivity contribution in [3.05, 3.63) is 0 Å². The molecule has 1 aliphatic carbocycles. The lowest BCUT2D eigenvalue weighted by Gasteiger charge is -2.36. The summed E-state index contributed by atoms with van der Waals surface area (Å²) in [6.45, 7) is 1.55. The van der Waals surface area contributed by atoms with Gasteiger partial charge in [0.15, 0.2) is 0 Å². The Morgan fingerprint density at radius 3 is 2.65 bits per heavy atom. The van der Waals surface area contributed by atoms with Crippen LogP contribution in [0.3, 0.4) is 0 Å². The Labute approximate surface area is 121 Å². The highest BCUT2D eigenvalue weighted by atomic mass is 16.5. The van der Waals surface area contributed by atoms with Crippen LogP contribution in [0.5, 0.6) is 0 Å². The van der Waals surface area contributed by atoms with Gasteiger partial charge in [-0.25, -0.2) is 0 Å². The Hall–Kier alpha value is -0.650. The molecule has 116 valence electrons. The van der Waals surface area contributed by atoms with Crippen molar-refractivity contribution in [2.45, 2.75) is 56.6 Å². The highest BCUT2D eigenvalue weighted by Crippen LogP contribution is 2.27. The summed E-state index contributed by atoms with van der Waals surface area (Å²) < 4.78 is 5.26. The van der Waals surface area contributed by atoms with E-state index in [9.17, 15) is 9.90 Å². The van der Waals surface area contributed by atoms with E-state index in [2.05, 4.69) is 0 Å². The van der Waals surface area contributed by atoms with Gasteiger partial charge in [0, 0.05) is 52.1 Å². The van der Waals surface area contributed by atoms with Crippen LogP contribution >= 0.6 is 0 Å². The molecule has 5 heteroatoms. The molecule has 1 amide bonds. The maximum absolute atomic E-state index is 12.3. The number of ether oxygens (including phenoxy) is 1. The molecule has 1 aliphatic heterocycles. The molecule has 2 aliphatic rings. The largest absolute Gasteiger partial charge is 0.388 e. The molecule has 1 heterocycles. The molecule has 3 N–H and O–H groups in total. The Morgan fingerprint density at radius 2 is 2.00 bits per heavy atom. The standard InChI is InChI=1S/C15H28N2O3/c1-17(11-15(19)6-8-20-9-7-15)14(18)10-12-4-2-3-5-13(12)16/h12-13,19H,2-11,16H2,1H3. The third kappa shape index (κ3) is 4.17. The van der Waals surface area contributed by atoms with E-state index >= 15 is 0 Å². The van der Waals surface area contributed by atoms with E-state index < -0.39 is 5.60 Å². The van der Waals surface area contributed by atoms with Crippen molar-refractivity contribution < 1.29 is 14.6 Å². The fourth-order valence-corrected chi connectivity index (χ4v) is 3.31. The molecule has 0 bridgehead atoms. The molecule has 20 heavy (non-hydrogen) atoms. The zero-order valence-electron chi connectivity index (χ0n) is 12.5. The van der Waals surface area contributed by atoms with Crippen LogP contribution in [0.4, 0.5) is 0 Å². The first-order valence-electron chi connectivity index (χ1n) is 7.80. The first kappa shape index (κ1) is 15.7. The highest BCUT2D eigenvalue weighted by Gasteiger charge is 2.33. The number of hydrogen-bond acceptors (Lipinski definition) is 4. The van der Waals surface area contributed by atoms with Gasteiger partial charge in [-0.3, -0.25) is 4.79 Å². The topological polar surface area (TPSA) is 75.8 Å². The van der Waals surface area contributed by atoms with Crippen LogP contribution in [0.15, 0.2) is 0 Å². The molecule has 2 fully saturated rings. The molecule has 2 unspecified atom stereocenters. The molecule has 0 spiro atoms. The van der Waals surface area contributed by atoms with Crippen molar-refractivity contribution in [1.82, 2.24) is 4.90 Å². The number of likely N-dealkylation sites (N-methyl/N-ethyl adjacent to an activating group) is 1. The molecular weight excluding hydrogens is 256 g/mol. The van der Waals surface area contributed by atoms with Gasteiger partial charge in [-0.1, -0.05) is 12.8 Å². The van der Waals surface area contributed by atoms with Gasteiger partial charge in [0.05, 0.1) is 5.60 Å². The predicted octanol–water partition coefficient (Wildman–Crippen LogP) is 0.894. The number of carbonyl (C=O) groups excluding carboxylic acids is 1. The van der Waals surface area contributed by atoms with Gasteiger partial charge in [-0.15, -0.1) is 0 Å². The summed E-state index contributed by atoms with van der Waals surface area (Å²) in [5.74, 6) is 0.412. The second kappa shape index (κ2) is 6.87. The fourth-order valence-electron chi connectivity index (χ4n) is 3.31. The van der Waals surface area contributed by atoms with Crippen LogP contribution < -0.4 is 5.73 Å². The first-order valence-corrected chi connectivity index (χ1v) is 7.80. The van der Waals surface area contributed by atoms with Crippen molar-refractivity contribution in [2.24, 2.45) is 11.7 Å². The van der Waals surface area contributed by atoms with Gasteiger partial charge in [0.1, 0.15) is 0 Å². The minimum Gasteiger partial charge on any atom is -0.388 e. The lowest BCUT2D eigenvalue weighted by atomic mass is 9.82. The minimum atomic E-state index is -0.780. The normalized spacial score (nSPS) is 29.9. The number of carbonyl (C=O) groups is 1. The smallest absolute Gasteiger partial charge is 0.222 e. The van der Waals surface area contributed by atoms with Gasteiger partial charge < -0.3 is 20.5 Å². The zero-order valence-corrected chi connectivity index (χ0v) is 12.5. The van der Waals surface area contributed by atoms with E-state index in [0.717, 1.165) is 12.8 Å². The molecule has 0 aromatic heterocycles. The molecule has 2 atom stereocenters. The molecule has 2 rings (SSSR count). The van der Waals surface area contributed by atoms with Crippen molar-refractivity contribution in [3.8, 4) is 0 Å². The molecule has 0 aromatic carbocycles. The summed E-state index contributed by atoms with van der Waals surface area (Å²) >= 11 is 0. The lowest BCUT2D eigenvalue weighted by Crippen LogP contribution is -2.48. The molecule has 0 aromatic rings. The monoisotopic (exact) mass is 284 g/mol. The van der Waals surface area contributed by atoms with Crippen molar-refractivity contribution in [3.63, 3.8) is 0 Å². The van der Waals surface area contributed by atoms with Crippen LogP contribution in [-0.2, 0) is 9.53 Å². The third-order valence-corrected chi connectivity index (χ3v) is 4.79. The molecule has 5 nitrogen and oxygen atoms in total. The Balaban J connectivity index is 1.82. The van der Waals surface area contributed by atoms with Gasteiger partial charge >= 0.3 is 0 Å². The molecular formula is C15H28N2O3. The summed E-state index contributed by atoms with van der Waals surface area (Å²) in [7, 11) is 1.78. The first-order chi connectivity index (χ1) is 9.50. The number of aliphatic hydroxyl groups is 1. The molecule has 1 saturated heterocycles. The number of rotatable bonds is 4. The van der Waals surface area contributed by atoms with Crippen LogP contribution in [0, 0.1) is 5.92 Å². The maximum Gasteiger partial charge on any atom is 0.222 e. The van der Waals surface area contributed by atoms with Crippen molar-refractivity contribution in [1.29, 1.82) is 0 Å². The zero-order chi connectivity index (χ0) is 14.6. The lowest BCUT2D eigenvalue weighted by molar-refractivity contribution is -0.138.